The summed E-state index contributed by atoms with van der Waals surface area (Å²) in [6, 6.07) is 17.8. The lowest BCUT2D eigenvalue weighted by Crippen LogP contribution is -2.00. The lowest BCUT2D eigenvalue weighted by molar-refractivity contribution is 1.32. The summed E-state index contributed by atoms with van der Waals surface area (Å²) in [4.78, 5) is 0. The van der Waals surface area contributed by atoms with Gasteiger partial charge in [-0.2, -0.15) is 10.2 Å². The van der Waals surface area contributed by atoms with Gasteiger partial charge in [-0.3, -0.25) is 10.9 Å². The third kappa shape index (κ3) is 4.57. The minimum absolute atomic E-state index is 0.786. The lowest BCUT2D eigenvalue weighted by Gasteiger charge is -2.01. The van der Waals surface area contributed by atoms with Crippen LogP contribution in [0.5, 0.6) is 0 Å². The Morgan fingerprint density at radius 1 is 0.900 bits per heavy atom. The molecule has 2 aromatic rings. The van der Waals surface area contributed by atoms with Crippen LogP contribution < -0.4 is 10.9 Å². The van der Waals surface area contributed by atoms with E-state index >= 15 is 0 Å². The van der Waals surface area contributed by atoms with Crippen molar-refractivity contribution < 1.29 is 0 Å². The summed E-state index contributed by atoms with van der Waals surface area (Å²) in [6.45, 7) is 3.94. The van der Waals surface area contributed by atoms with E-state index in [1.54, 1.807) is 6.21 Å². The van der Waals surface area contributed by atoms with Crippen molar-refractivity contribution in [3.05, 3.63) is 60.2 Å². The molecule has 0 radical (unpaired) electrons. The number of aryl methyl sites for hydroxylation is 1. The molecule has 0 fully saturated rings. The average molecular weight is 266 g/mol. The predicted octanol–water partition coefficient (Wildman–Crippen LogP) is 3.88. The topological polar surface area (TPSA) is 48.8 Å². The quantitative estimate of drug-likeness (QED) is 0.637. The van der Waals surface area contributed by atoms with E-state index in [4.69, 9.17) is 0 Å². The fourth-order valence-corrected chi connectivity index (χ4v) is 1.52. The second kappa shape index (κ2) is 7.09. The van der Waals surface area contributed by atoms with Gasteiger partial charge in [0, 0.05) is 0 Å². The zero-order valence-corrected chi connectivity index (χ0v) is 11.7. The molecule has 0 bridgehead atoms. The molecule has 0 spiro atoms. The normalized spacial score (nSPS) is 11.6. The van der Waals surface area contributed by atoms with Crippen molar-refractivity contribution in [1.29, 1.82) is 0 Å². The van der Waals surface area contributed by atoms with Crippen LogP contribution in [0.1, 0.15) is 12.5 Å². The molecule has 0 aromatic heterocycles. The van der Waals surface area contributed by atoms with Crippen LogP contribution in [0.2, 0.25) is 0 Å². The number of nitrogens with one attached hydrogen (secondary N) is 2. The highest BCUT2D eigenvalue weighted by molar-refractivity contribution is 6.29. The molecule has 2 rings (SSSR count). The Morgan fingerprint density at radius 3 is 2.25 bits per heavy atom. The first-order chi connectivity index (χ1) is 9.74. The summed E-state index contributed by atoms with van der Waals surface area (Å²) < 4.78 is 0. The third-order valence-corrected chi connectivity index (χ3v) is 2.63. The average Bonchev–Trinajstić information content (AvgIpc) is 2.48. The van der Waals surface area contributed by atoms with Gasteiger partial charge in [0.05, 0.1) is 23.3 Å². The number of rotatable bonds is 5. The minimum atomic E-state index is 0.786. The molecule has 0 aliphatic carbocycles. The molecule has 0 atom stereocenters. The first-order valence-corrected chi connectivity index (χ1v) is 6.45. The zero-order chi connectivity index (χ0) is 14.2. The predicted molar refractivity (Wildman–Crippen MR) is 86.5 cm³/mol. The van der Waals surface area contributed by atoms with E-state index in [-0.39, 0.29) is 0 Å². The second-order valence-electron chi connectivity index (χ2n) is 4.47. The highest BCUT2D eigenvalue weighted by atomic mass is 15.3. The SMILES string of the molecule is CC(/C=N\Nc1ccc(C)cc1)=N\Nc1ccccc1. The minimum Gasteiger partial charge on any atom is -0.278 e. The number of nitrogens with zero attached hydrogens (tertiary/aromatic N) is 2. The van der Waals surface area contributed by atoms with Crippen LogP contribution in [0.25, 0.3) is 0 Å². The number of hydrogen-bond acceptors (Lipinski definition) is 4. The van der Waals surface area contributed by atoms with E-state index in [2.05, 4.69) is 28.0 Å². The zero-order valence-electron chi connectivity index (χ0n) is 11.7. The van der Waals surface area contributed by atoms with Crippen molar-refractivity contribution in [2.45, 2.75) is 13.8 Å². The van der Waals surface area contributed by atoms with Gasteiger partial charge >= 0.3 is 0 Å². The summed E-state index contributed by atoms with van der Waals surface area (Å²) in [5, 5.41) is 8.35. The van der Waals surface area contributed by atoms with Gasteiger partial charge in [0.25, 0.3) is 0 Å². The number of hydrogen-bond donors (Lipinski definition) is 2. The first-order valence-electron chi connectivity index (χ1n) is 6.45. The fourth-order valence-electron chi connectivity index (χ4n) is 1.52. The highest BCUT2D eigenvalue weighted by Crippen LogP contribution is 2.08. The van der Waals surface area contributed by atoms with E-state index in [1.165, 1.54) is 5.56 Å². The second-order valence-corrected chi connectivity index (χ2v) is 4.47. The first kappa shape index (κ1) is 13.8. The lowest BCUT2D eigenvalue weighted by atomic mass is 10.2. The summed E-state index contributed by atoms with van der Waals surface area (Å²) in [7, 11) is 0. The molecule has 20 heavy (non-hydrogen) atoms. The van der Waals surface area contributed by atoms with E-state index in [0.29, 0.717) is 0 Å². The van der Waals surface area contributed by atoms with Crippen LogP contribution >= 0.6 is 0 Å². The summed E-state index contributed by atoms with van der Waals surface area (Å²) in [6.07, 6.45) is 1.68. The molecule has 0 aliphatic heterocycles. The van der Waals surface area contributed by atoms with Gasteiger partial charge in [0.1, 0.15) is 0 Å². The van der Waals surface area contributed by atoms with Gasteiger partial charge in [0.15, 0.2) is 0 Å². The van der Waals surface area contributed by atoms with Crippen molar-refractivity contribution in [3.63, 3.8) is 0 Å². The summed E-state index contributed by atoms with van der Waals surface area (Å²) >= 11 is 0. The van der Waals surface area contributed by atoms with Gasteiger partial charge in [-0.25, -0.2) is 0 Å². The van der Waals surface area contributed by atoms with Crippen molar-refractivity contribution in [2.75, 3.05) is 10.9 Å². The largest absolute Gasteiger partial charge is 0.278 e. The van der Waals surface area contributed by atoms with E-state index in [0.717, 1.165) is 17.1 Å². The van der Waals surface area contributed by atoms with E-state index in [1.807, 2.05) is 61.5 Å². The Labute approximate surface area is 119 Å². The van der Waals surface area contributed by atoms with Crippen LogP contribution in [-0.2, 0) is 0 Å². The monoisotopic (exact) mass is 266 g/mol. The molecular formula is C16H18N4. The Bertz CT molecular complexity index is 586. The van der Waals surface area contributed by atoms with Crippen LogP contribution in [-0.4, -0.2) is 11.9 Å². The van der Waals surface area contributed by atoms with Crippen molar-refractivity contribution in [3.8, 4) is 0 Å². The van der Waals surface area contributed by atoms with Crippen molar-refractivity contribution in [1.82, 2.24) is 0 Å². The molecule has 0 aliphatic rings. The molecule has 0 saturated carbocycles. The smallest absolute Gasteiger partial charge is 0.0776 e. The van der Waals surface area contributed by atoms with E-state index in [9.17, 15) is 0 Å². The molecular weight excluding hydrogens is 248 g/mol. The molecule has 2 aromatic carbocycles. The van der Waals surface area contributed by atoms with Crippen molar-refractivity contribution in [2.24, 2.45) is 10.2 Å². The van der Waals surface area contributed by atoms with Gasteiger partial charge in [-0.05, 0) is 38.1 Å². The molecule has 2 N–H and O–H groups in total. The highest BCUT2D eigenvalue weighted by Gasteiger charge is 1.90. The number of benzene rings is 2. The Hall–Kier alpha value is -2.62. The summed E-state index contributed by atoms with van der Waals surface area (Å²) in [5.74, 6) is 0. The molecule has 4 nitrogen and oxygen atoms in total. The molecule has 0 saturated heterocycles. The van der Waals surface area contributed by atoms with Crippen LogP contribution in [0.4, 0.5) is 11.4 Å². The molecule has 0 heterocycles. The number of anilines is 2. The van der Waals surface area contributed by atoms with Gasteiger partial charge in [-0.15, -0.1) is 0 Å². The van der Waals surface area contributed by atoms with Crippen molar-refractivity contribution >= 4 is 23.3 Å². The summed E-state index contributed by atoms with van der Waals surface area (Å²) in [5.41, 5.74) is 9.85. The molecule has 0 amide bonds. The van der Waals surface area contributed by atoms with E-state index < -0.39 is 0 Å². The van der Waals surface area contributed by atoms with Gasteiger partial charge in [-0.1, -0.05) is 35.9 Å². The Morgan fingerprint density at radius 2 is 1.55 bits per heavy atom. The third-order valence-electron chi connectivity index (χ3n) is 2.63. The maximum Gasteiger partial charge on any atom is 0.0776 e. The Kier molecular flexibility index (Phi) is 4.89. The molecule has 102 valence electrons. The Balaban J connectivity index is 1.85. The molecule has 4 heteroatoms. The number of hydrazone groups is 2. The van der Waals surface area contributed by atoms with Gasteiger partial charge < -0.3 is 0 Å². The maximum atomic E-state index is 4.22. The standard InChI is InChI=1S/C16H18N4/c1-13-8-10-16(11-9-13)19-17-12-14(2)18-20-15-6-4-3-5-7-15/h3-12,19-20H,1-2H3/b17-12-,18-14+. The van der Waals surface area contributed by atoms with Crippen LogP contribution in [0.15, 0.2) is 64.8 Å². The van der Waals surface area contributed by atoms with Crippen LogP contribution in [0, 0.1) is 6.92 Å². The maximum absolute atomic E-state index is 4.22. The number of para-hydroxylation sites is 1. The van der Waals surface area contributed by atoms with Gasteiger partial charge in [0.2, 0.25) is 0 Å². The van der Waals surface area contributed by atoms with Crippen LogP contribution in [0.3, 0.4) is 0 Å². The molecule has 0 unspecified atom stereocenters. The fraction of sp³-hybridized carbons (Fsp3) is 0.125.